The summed E-state index contributed by atoms with van der Waals surface area (Å²) in [6, 6.07) is 9.53. The number of rotatable bonds is 4. The standard InChI is InChI=1S/C15H23NO/c1-11-6-4-5-7-15(11)13(3)16-12(2)14-8-9-17-10-14/h4-7,12-14,16H,8-10H2,1-3H3/t12?,13-,14?/m1/s1. The second kappa shape index (κ2) is 5.65. The predicted octanol–water partition coefficient (Wildman–Crippen LogP) is 3.07. The van der Waals surface area contributed by atoms with Gasteiger partial charge in [0.1, 0.15) is 0 Å². The first kappa shape index (κ1) is 12.6. The van der Waals surface area contributed by atoms with Gasteiger partial charge in [-0.3, -0.25) is 0 Å². The average molecular weight is 233 g/mol. The van der Waals surface area contributed by atoms with E-state index >= 15 is 0 Å². The molecule has 0 radical (unpaired) electrons. The molecule has 0 aliphatic carbocycles. The molecule has 2 unspecified atom stereocenters. The summed E-state index contributed by atoms with van der Waals surface area (Å²) in [5, 5.41) is 3.70. The SMILES string of the molecule is Cc1ccccc1[C@@H](C)NC(C)C1CCOC1. The number of aryl methyl sites for hydroxylation is 1. The minimum absolute atomic E-state index is 0.409. The molecule has 1 fully saturated rings. The van der Waals surface area contributed by atoms with Gasteiger partial charge in [0, 0.05) is 18.7 Å². The van der Waals surface area contributed by atoms with Crippen LogP contribution in [0.4, 0.5) is 0 Å². The third-order valence-electron chi connectivity index (χ3n) is 3.84. The normalized spacial score (nSPS) is 23.6. The summed E-state index contributed by atoms with van der Waals surface area (Å²) in [6.07, 6.45) is 1.19. The molecule has 2 heteroatoms. The highest BCUT2D eigenvalue weighted by Crippen LogP contribution is 2.21. The largest absolute Gasteiger partial charge is 0.381 e. The van der Waals surface area contributed by atoms with E-state index < -0.39 is 0 Å². The van der Waals surface area contributed by atoms with Crippen molar-refractivity contribution in [2.24, 2.45) is 5.92 Å². The van der Waals surface area contributed by atoms with Crippen LogP contribution >= 0.6 is 0 Å². The Kier molecular flexibility index (Phi) is 4.19. The highest BCUT2D eigenvalue weighted by Gasteiger charge is 2.23. The van der Waals surface area contributed by atoms with E-state index in [-0.39, 0.29) is 0 Å². The van der Waals surface area contributed by atoms with Gasteiger partial charge in [0.2, 0.25) is 0 Å². The van der Waals surface area contributed by atoms with Gasteiger partial charge in [0.25, 0.3) is 0 Å². The van der Waals surface area contributed by atoms with Crippen molar-refractivity contribution in [3.8, 4) is 0 Å². The van der Waals surface area contributed by atoms with E-state index in [1.807, 2.05) is 0 Å². The zero-order valence-corrected chi connectivity index (χ0v) is 11.1. The van der Waals surface area contributed by atoms with Crippen LogP contribution in [0.25, 0.3) is 0 Å². The van der Waals surface area contributed by atoms with Crippen LogP contribution in [-0.4, -0.2) is 19.3 Å². The maximum Gasteiger partial charge on any atom is 0.0509 e. The van der Waals surface area contributed by atoms with E-state index in [4.69, 9.17) is 4.74 Å². The van der Waals surface area contributed by atoms with Crippen LogP contribution in [0.3, 0.4) is 0 Å². The van der Waals surface area contributed by atoms with Gasteiger partial charge in [0.15, 0.2) is 0 Å². The molecule has 1 aromatic rings. The maximum absolute atomic E-state index is 5.45. The quantitative estimate of drug-likeness (QED) is 0.863. The molecule has 17 heavy (non-hydrogen) atoms. The molecule has 1 heterocycles. The molecule has 94 valence electrons. The fourth-order valence-corrected chi connectivity index (χ4v) is 2.64. The van der Waals surface area contributed by atoms with Crippen LogP contribution in [0.1, 0.15) is 37.4 Å². The Labute approximate surface area is 104 Å². The fourth-order valence-electron chi connectivity index (χ4n) is 2.64. The van der Waals surface area contributed by atoms with Gasteiger partial charge in [-0.15, -0.1) is 0 Å². The maximum atomic E-state index is 5.45. The van der Waals surface area contributed by atoms with Crippen molar-refractivity contribution in [2.45, 2.75) is 39.3 Å². The molecule has 0 spiro atoms. The van der Waals surface area contributed by atoms with E-state index in [1.54, 1.807) is 0 Å². The van der Waals surface area contributed by atoms with Gasteiger partial charge in [-0.2, -0.15) is 0 Å². The Balaban J connectivity index is 1.96. The minimum Gasteiger partial charge on any atom is -0.381 e. The highest BCUT2D eigenvalue weighted by atomic mass is 16.5. The molecule has 1 saturated heterocycles. The minimum atomic E-state index is 0.409. The van der Waals surface area contributed by atoms with E-state index in [0.29, 0.717) is 18.0 Å². The first-order valence-corrected chi connectivity index (χ1v) is 6.58. The number of ether oxygens (including phenoxy) is 1. The van der Waals surface area contributed by atoms with Gasteiger partial charge in [-0.1, -0.05) is 24.3 Å². The molecule has 2 rings (SSSR count). The summed E-state index contributed by atoms with van der Waals surface area (Å²) in [5.74, 6) is 0.668. The van der Waals surface area contributed by atoms with Crippen molar-refractivity contribution < 1.29 is 4.74 Å². The number of hydrogen-bond acceptors (Lipinski definition) is 2. The van der Waals surface area contributed by atoms with Crippen LogP contribution in [0, 0.1) is 12.8 Å². The smallest absolute Gasteiger partial charge is 0.0509 e. The molecule has 1 aliphatic rings. The molecule has 0 aromatic heterocycles. The molecule has 1 aromatic carbocycles. The van der Waals surface area contributed by atoms with Gasteiger partial charge in [-0.25, -0.2) is 0 Å². The lowest BCUT2D eigenvalue weighted by atomic mass is 9.97. The second-order valence-corrected chi connectivity index (χ2v) is 5.16. The van der Waals surface area contributed by atoms with Gasteiger partial charge in [0.05, 0.1) is 6.61 Å². The van der Waals surface area contributed by atoms with Gasteiger partial charge in [-0.05, 0) is 44.2 Å². The summed E-state index contributed by atoms with van der Waals surface area (Å²) in [4.78, 5) is 0. The zero-order chi connectivity index (χ0) is 12.3. The van der Waals surface area contributed by atoms with Crippen LogP contribution in [-0.2, 0) is 4.74 Å². The monoisotopic (exact) mass is 233 g/mol. The first-order chi connectivity index (χ1) is 8.18. The Morgan fingerprint density at radius 1 is 1.29 bits per heavy atom. The van der Waals surface area contributed by atoms with E-state index in [1.165, 1.54) is 17.5 Å². The van der Waals surface area contributed by atoms with Crippen LogP contribution in [0.5, 0.6) is 0 Å². The molecular weight excluding hydrogens is 210 g/mol. The lowest BCUT2D eigenvalue weighted by Gasteiger charge is -2.25. The van der Waals surface area contributed by atoms with E-state index in [2.05, 4.69) is 50.4 Å². The predicted molar refractivity (Wildman–Crippen MR) is 71.1 cm³/mol. The van der Waals surface area contributed by atoms with Crippen LogP contribution < -0.4 is 5.32 Å². The fraction of sp³-hybridized carbons (Fsp3) is 0.600. The van der Waals surface area contributed by atoms with E-state index in [9.17, 15) is 0 Å². The molecule has 1 N–H and O–H groups in total. The lowest BCUT2D eigenvalue weighted by Crippen LogP contribution is -2.35. The summed E-state index contributed by atoms with van der Waals surface area (Å²) < 4.78 is 5.45. The highest BCUT2D eigenvalue weighted by molar-refractivity contribution is 5.28. The van der Waals surface area contributed by atoms with Crippen molar-refractivity contribution >= 4 is 0 Å². The Morgan fingerprint density at radius 2 is 2.06 bits per heavy atom. The van der Waals surface area contributed by atoms with Gasteiger partial charge < -0.3 is 10.1 Å². The molecule has 0 amide bonds. The van der Waals surface area contributed by atoms with E-state index in [0.717, 1.165) is 13.2 Å². The van der Waals surface area contributed by atoms with Crippen molar-refractivity contribution in [2.75, 3.05) is 13.2 Å². The molecule has 1 aliphatic heterocycles. The number of nitrogens with one attached hydrogen (secondary N) is 1. The summed E-state index contributed by atoms with van der Waals surface area (Å²) >= 11 is 0. The topological polar surface area (TPSA) is 21.3 Å². The molecule has 3 atom stereocenters. The summed E-state index contributed by atoms with van der Waals surface area (Å²) in [7, 11) is 0. The Bertz CT molecular complexity index is 358. The van der Waals surface area contributed by atoms with Gasteiger partial charge >= 0.3 is 0 Å². The number of benzene rings is 1. The third kappa shape index (κ3) is 3.08. The number of hydrogen-bond donors (Lipinski definition) is 1. The summed E-state index contributed by atoms with van der Waals surface area (Å²) in [5.41, 5.74) is 2.76. The Hall–Kier alpha value is -0.860. The molecular formula is C15H23NO. The van der Waals surface area contributed by atoms with Crippen molar-refractivity contribution in [1.29, 1.82) is 0 Å². The third-order valence-corrected chi connectivity index (χ3v) is 3.84. The Morgan fingerprint density at radius 3 is 2.71 bits per heavy atom. The molecule has 0 bridgehead atoms. The van der Waals surface area contributed by atoms with Crippen molar-refractivity contribution in [3.63, 3.8) is 0 Å². The van der Waals surface area contributed by atoms with Crippen molar-refractivity contribution in [3.05, 3.63) is 35.4 Å². The summed E-state index contributed by atoms with van der Waals surface area (Å²) in [6.45, 7) is 8.53. The zero-order valence-electron chi connectivity index (χ0n) is 11.1. The first-order valence-electron chi connectivity index (χ1n) is 6.58. The lowest BCUT2D eigenvalue weighted by molar-refractivity contribution is 0.177. The average Bonchev–Trinajstić information content (AvgIpc) is 2.82. The second-order valence-electron chi connectivity index (χ2n) is 5.16. The van der Waals surface area contributed by atoms with Crippen LogP contribution in [0.15, 0.2) is 24.3 Å². The van der Waals surface area contributed by atoms with Crippen LogP contribution in [0.2, 0.25) is 0 Å². The van der Waals surface area contributed by atoms with Crippen molar-refractivity contribution in [1.82, 2.24) is 5.32 Å². The molecule has 2 nitrogen and oxygen atoms in total. The molecule has 0 saturated carbocycles.